The molecule has 8 rings (SSSR count). The average molecular weight is 947 g/mol. The second-order valence-corrected chi connectivity index (χ2v) is 20.9. The number of rotatable bonds is 19. The highest BCUT2D eigenvalue weighted by atomic mass is 14.7. The van der Waals surface area contributed by atoms with Crippen molar-refractivity contribution in [1.29, 1.82) is 0 Å². The number of hydrogen-bond donors (Lipinski definition) is 0. The second-order valence-electron chi connectivity index (χ2n) is 20.9. The molecule has 3 aliphatic carbocycles. The van der Waals surface area contributed by atoms with Gasteiger partial charge < -0.3 is 0 Å². The minimum absolute atomic E-state index is 0.295. The predicted octanol–water partition coefficient (Wildman–Crippen LogP) is 19.9. The molecule has 0 saturated heterocycles. The SMILES string of the molecule is C=CCCC(=CC(C)CC)c1cccc(-c2cncc(-c3cc(C4=CC(C5C=CC=C(C6=CN=CCC6)C5)=CCCC=C4)cc(-c4cccc(C5C=CC=C(C(C)CCC(=CC(=C)C)CC)C5C)c4)c3)c2)c1. The summed E-state index contributed by atoms with van der Waals surface area (Å²) < 4.78 is 0. The third-order valence-corrected chi connectivity index (χ3v) is 15.4. The van der Waals surface area contributed by atoms with Crippen LogP contribution in [-0.4, -0.2) is 11.2 Å². The van der Waals surface area contributed by atoms with E-state index in [9.17, 15) is 0 Å². The summed E-state index contributed by atoms with van der Waals surface area (Å²) >= 11 is 0. The Morgan fingerprint density at radius 2 is 1.56 bits per heavy atom. The molecule has 0 amide bonds. The van der Waals surface area contributed by atoms with Gasteiger partial charge in [0.2, 0.25) is 0 Å². The van der Waals surface area contributed by atoms with Crippen LogP contribution in [-0.2, 0) is 0 Å². The summed E-state index contributed by atoms with van der Waals surface area (Å²) in [7, 11) is 0. The quantitative estimate of drug-likeness (QED) is 0.0679. The van der Waals surface area contributed by atoms with Crippen molar-refractivity contribution in [3.63, 3.8) is 0 Å². The van der Waals surface area contributed by atoms with Crippen LogP contribution in [0.1, 0.15) is 135 Å². The fourth-order valence-electron chi connectivity index (χ4n) is 11.0. The van der Waals surface area contributed by atoms with Crippen LogP contribution in [0.25, 0.3) is 44.5 Å². The minimum atomic E-state index is 0.295. The molecule has 2 nitrogen and oxygen atoms in total. The van der Waals surface area contributed by atoms with Crippen molar-refractivity contribution in [3.8, 4) is 33.4 Å². The van der Waals surface area contributed by atoms with Gasteiger partial charge >= 0.3 is 0 Å². The Kier molecular flexibility index (Phi) is 18.1. The van der Waals surface area contributed by atoms with Gasteiger partial charge in [0.1, 0.15) is 0 Å². The Bertz CT molecular complexity index is 2960. The first-order chi connectivity index (χ1) is 35.1. The van der Waals surface area contributed by atoms with E-state index in [0.29, 0.717) is 29.6 Å². The number of allylic oxidation sites excluding steroid dienone is 21. The Labute approximate surface area is 434 Å². The Morgan fingerprint density at radius 3 is 2.32 bits per heavy atom. The van der Waals surface area contributed by atoms with Gasteiger partial charge in [0, 0.05) is 47.8 Å². The van der Waals surface area contributed by atoms with Crippen molar-refractivity contribution in [1.82, 2.24) is 4.98 Å². The fraction of sp³-hybridized carbons (Fsp3) is 0.314. The molecule has 4 aliphatic rings. The van der Waals surface area contributed by atoms with E-state index in [1.807, 2.05) is 24.7 Å². The predicted molar refractivity (Wildman–Crippen MR) is 314 cm³/mol. The highest BCUT2D eigenvalue weighted by molar-refractivity contribution is 5.85. The van der Waals surface area contributed by atoms with E-state index in [-0.39, 0.29) is 0 Å². The number of aromatic nitrogens is 1. The van der Waals surface area contributed by atoms with Crippen LogP contribution in [0.3, 0.4) is 0 Å². The highest BCUT2D eigenvalue weighted by Crippen LogP contribution is 2.42. The first kappa shape index (κ1) is 51.7. The molecule has 2 heterocycles. The van der Waals surface area contributed by atoms with E-state index in [1.165, 1.54) is 66.8 Å². The molecular weight excluding hydrogens is 869 g/mol. The number of benzene rings is 3. The van der Waals surface area contributed by atoms with Crippen molar-refractivity contribution in [2.75, 3.05) is 0 Å². The number of nitrogens with zero attached hydrogens (tertiary/aromatic N) is 2. The zero-order valence-electron chi connectivity index (χ0n) is 44.2. The van der Waals surface area contributed by atoms with Gasteiger partial charge in [-0.15, -0.1) is 6.58 Å². The lowest BCUT2D eigenvalue weighted by Gasteiger charge is -2.31. The topological polar surface area (TPSA) is 25.2 Å². The maximum Gasteiger partial charge on any atom is 0.0346 e. The molecule has 1 aromatic heterocycles. The third kappa shape index (κ3) is 13.3. The monoisotopic (exact) mass is 947 g/mol. The van der Waals surface area contributed by atoms with Crippen molar-refractivity contribution < 1.29 is 0 Å². The van der Waals surface area contributed by atoms with Crippen LogP contribution in [0.4, 0.5) is 0 Å². The van der Waals surface area contributed by atoms with E-state index >= 15 is 0 Å². The average Bonchev–Trinajstić information content (AvgIpc) is 3.41. The van der Waals surface area contributed by atoms with E-state index < -0.39 is 0 Å². The van der Waals surface area contributed by atoms with Gasteiger partial charge in [-0.25, -0.2) is 0 Å². The third-order valence-electron chi connectivity index (χ3n) is 15.4. The molecular formula is C70H78N2. The molecule has 368 valence electrons. The Morgan fingerprint density at radius 1 is 0.806 bits per heavy atom. The van der Waals surface area contributed by atoms with E-state index in [0.717, 1.165) is 92.9 Å². The summed E-state index contributed by atoms with van der Waals surface area (Å²) in [5, 5.41) is 0. The van der Waals surface area contributed by atoms with Crippen LogP contribution in [0, 0.1) is 23.7 Å². The molecule has 0 saturated carbocycles. The molecule has 72 heavy (non-hydrogen) atoms. The molecule has 4 aromatic rings. The number of hydrogen-bond acceptors (Lipinski definition) is 2. The van der Waals surface area contributed by atoms with E-state index in [4.69, 9.17) is 4.98 Å². The van der Waals surface area contributed by atoms with E-state index in [2.05, 4.69) is 212 Å². The van der Waals surface area contributed by atoms with E-state index in [1.54, 1.807) is 5.57 Å². The maximum atomic E-state index is 4.95. The van der Waals surface area contributed by atoms with Gasteiger partial charge in [0.15, 0.2) is 0 Å². The molecule has 3 aromatic carbocycles. The summed E-state index contributed by atoms with van der Waals surface area (Å²) in [5.74, 6) is 2.01. The molecule has 0 fully saturated rings. The fourth-order valence-corrected chi connectivity index (χ4v) is 11.0. The molecule has 5 atom stereocenters. The van der Waals surface area contributed by atoms with Crippen molar-refractivity contribution >= 4 is 17.4 Å². The molecule has 2 heteroatoms. The van der Waals surface area contributed by atoms with Crippen molar-refractivity contribution in [3.05, 3.63) is 234 Å². The normalized spacial score (nSPS) is 20.1. The largest absolute Gasteiger partial charge is 0.269 e. The molecule has 0 N–H and O–H groups in total. The van der Waals surface area contributed by atoms with Gasteiger partial charge in [0.25, 0.3) is 0 Å². The van der Waals surface area contributed by atoms with Crippen LogP contribution < -0.4 is 0 Å². The lowest BCUT2D eigenvalue weighted by Crippen LogP contribution is -2.18. The van der Waals surface area contributed by atoms with Gasteiger partial charge in [-0.05, 0) is 186 Å². The summed E-state index contributed by atoms with van der Waals surface area (Å²) in [6.07, 6.45) is 50.2. The molecule has 5 unspecified atom stereocenters. The number of pyridine rings is 1. The van der Waals surface area contributed by atoms with Gasteiger partial charge in [-0.2, -0.15) is 0 Å². The first-order valence-corrected chi connectivity index (χ1v) is 27.1. The van der Waals surface area contributed by atoms with Crippen LogP contribution >= 0.6 is 0 Å². The van der Waals surface area contributed by atoms with Gasteiger partial charge in [-0.3, -0.25) is 9.98 Å². The summed E-state index contributed by atoms with van der Waals surface area (Å²) in [6.45, 7) is 22.0. The summed E-state index contributed by atoms with van der Waals surface area (Å²) in [6, 6.07) is 28.0. The standard InChI is InChI=1S/C70H78N2/c1-9-12-21-54(37-50(6)10-2)56-24-17-28-61(40-56)67-45-68(48-72-47-67)66-43-64(59-23-15-13-14-22-55(39-59)57-25-16-26-58(38-57)63-30-20-35-71-46-63)42-65(44-66)60-27-18-29-62(41-60)70-32-19-31-69(52(70)8)51(7)33-34-53(11-3)36-49(4)5/h9,15-19,22-29,31-32,35-37,39-48,50-52,57,70H,1,4,10-14,20-21,30,33-34,38H2,2-3,5-8H3. The number of aliphatic imine (C=N–C) groups is 1. The molecule has 0 spiro atoms. The first-order valence-electron chi connectivity index (χ1n) is 27.1. The molecule has 1 aliphatic heterocycles. The smallest absolute Gasteiger partial charge is 0.0346 e. The summed E-state index contributed by atoms with van der Waals surface area (Å²) in [4.78, 5) is 9.48. The zero-order valence-corrected chi connectivity index (χ0v) is 44.2. The molecule has 0 bridgehead atoms. The Balaban J connectivity index is 1.17. The molecule has 0 radical (unpaired) electrons. The Hall–Kier alpha value is -6.64. The minimum Gasteiger partial charge on any atom is -0.269 e. The van der Waals surface area contributed by atoms with Crippen LogP contribution in [0.5, 0.6) is 0 Å². The van der Waals surface area contributed by atoms with Crippen molar-refractivity contribution in [2.45, 2.75) is 118 Å². The van der Waals surface area contributed by atoms with Crippen LogP contribution in [0.15, 0.2) is 222 Å². The second kappa shape index (κ2) is 25.1. The summed E-state index contributed by atoms with van der Waals surface area (Å²) in [5.41, 5.74) is 21.8. The zero-order chi connectivity index (χ0) is 50.4. The van der Waals surface area contributed by atoms with Gasteiger partial charge in [0.05, 0.1) is 0 Å². The lowest BCUT2D eigenvalue weighted by atomic mass is 9.74. The highest BCUT2D eigenvalue weighted by Gasteiger charge is 2.27. The van der Waals surface area contributed by atoms with Gasteiger partial charge in [-0.1, -0.05) is 186 Å². The maximum absolute atomic E-state index is 4.95. The van der Waals surface area contributed by atoms with Crippen LogP contribution in [0.2, 0.25) is 0 Å². The lowest BCUT2D eigenvalue weighted by molar-refractivity contribution is 0.487. The van der Waals surface area contributed by atoms with Crippen molar-refractivity contribution in [2.24, 2.45) is 28.7 Å².